The molecule has 0 aliphatic carbocycles. The summed E-state index contributed by atoms with van der Waals surface area (Å²) < 4.78 is 28.4. The average molecular weight is 314 g/mol. The van der Waals surface area contributed by atoms with Crippen LogP contribution in [0.1, 0.15) is 34.1 Å². The van der Waals surface area contributed by atoms with Crippen LogP contribution in [0.15, 0.2) is 52.1 Å². The molecule has 20 heavy (non-hydrogen) atoms. The Bertz CT molecular complexity index is 532. The van der Waals surface area contributed by atoms with Crippen molar-refractivity contribution >= 4 is 21.5 Å². The van der Waals surface area contributed by atoms with Gasteiger partial charge in [-0.3, -0.25) is 0 Å². The van der Waals surface area contributed by atoms with Gasteiger partial charge in [0.2, 0.25) is 0 Å². The molecule has 0 aliphatic heterocycles. The Hall–Kier alpha value is -1.33. The Balaban J connectivity index is 0.000000641. The fraction of sp³-hybridized carbons (Fsp3) is 0.333. The quantitative estimate of drug-likeness (QED) is 0.752. The topological polar surface area (TPSA) is 43.4 Å². The third kappa shape index (κ3) is 6.73. The zero-order valence-electron chi connectivity index (χ0n) is 12.4. The molecule has 0 unspecified atom stereocenters. The Morgan fingerprint density at radius 2 is 1.55 bits per heavy atom. The van der Waals surface area contributed by atoms with E-state index in [2.05, 4.69) is 13.8 Å². The fourth-order valence-electron chi connectivity index (χ4n) is 1.05. The maximum atomic E-state index is 11.7. The second-order valence-corrected chi connectivity index (χ2v) is 6.21. The number of para-hydroxylation sites is 1. The van der Waals surface area contributed by atoms with Crippen LogP contribution < -0.4 is 4.18 Å². The van der Waals surface area contributed by atoms with Gasteiger partial charge in [0.25, 0.3) is 0 Å². The molecule has 0 amide bonds. The van der Waals surface area contributed by atoms with Crippen molar-refractivity contribution < 1.29 is 12.6 Å². The van der Waals surface area contributed by atoms with Crippen molar-refractivity contribution in [3.63, 3.8) is 0 Å². The van der Waals surface area contributed by atoms with E-state index in [9.17, 15) is 8.42 Å². The molecule has 1 aromatic carbocycles. The Kier molecular flexibility index (Phi) is 9.76. The van der Waals surface area contributed by atoms with Crippen molar-refractivity contribution in [2.75, 3.05) is 0 Å². The Labute approximate surface area is 126 Å². The molecule has 0 atom stereocenters. The summed E-state index contributed by atoms with van der Waals surface area (Å²) in [6.45, 7) is 8.25. The van der Waals surface area contributed by atoms with E-state index in [1.54, 1.807) is 41.8 Å². The normalized spacial score (nSPS) is 9.60. The minimum absolute atomic E-state index is 0.214. The van der Waals surface area contributed by atoms with E-state index in [-0.39, 0.29) is 4.21 Å². The van der Waals surface area contributed by atoms with Gasteiger partial charge in [0.15, 0.2) is 4.21 Å². The van der Waals surface area contributed by atoms with Crippen LogP contribution in [0.2, 0.25) is 0 Å². The van der Waals surface area contributed by atoms with E-state index in [1.807, 2.05) is 13.8 Å². The van der Waals surface area contributed by atoms with E-state index >= 15 is 0 Å². The van der Waals surface area contributed by atoms with Gasteiger partial charge in [-0.1, -0.05) is 58.4 Å². The highest BCUT2D eigenvalue weighted by Crippen LogP contribution is 2.21. The highest BCUT2D eigenvalue weighted by molar-refractivity contribution is 7.89. The van der Waals surface area contributed by atoms with Gasteiger partial charge < -0.3 is 4.18 Å². The smallest absolute Gasteiger partial charge is 0.348 e. The van der Waals surface area contributed by atoms with Crippen molar-refractivity contribution in [1.29, 1.82) is 0 Å². The molecule has 0 fully saturated rings. The maximum absolute atomic E-state index is 11.7. The molecule has 5 heteroatoms. The molecule has 0 bridgehead atoms. The first-order valence-corrected chi connectivity index (χ1v) is 8.92. The van der Waals surface area contributed by atoms with Crippen LogP contribution >= 0.6 is 11.3 Å². The van der Waals surface area contributed by atoms with Crippen molar-refractivity contribution in [1.82, 2.24) is 0 Å². The van der Waals surface area contributed by atoms with E-state index in [4.69, 9.17) is 4.18 Å². The maximum Gasteiger partial charge on any atom is 0.348 e. The summed E-state index contributed by atoms with van der Waals surface area (Å²) in [5.74, 6) is 0.325. The van der Waals surface area contributed by atoms with Gasteiger partial charge in [0, 0.05) is 0 Å². The first-order valence-electron chi connectivity index (χ1n) is 6.63. The fourth-order valence-corrected chi connectivity index (χ4v) is 2.93. The first-order chi connectivity index (χ1) is 9.60. The summed E-state index contributed by atoms with van der Waals surface area (Å²) in [5.41, 5.74) is 0. The molecule has 0 N–H and O–H groups in total. The second-order valence-electron chi connectivity index (χ2n) is 3.49. The zero-order valence-corrected chi connectivity index (χ0v) is 14.0. The molecule has 0 saturated carbocycles. The molecule has 2 aromatic rings. The molecule has 0 radical (unpaired) electrons. The van der Waals surface area contributed by atoms with Crippen molar-refractivity contribution in [2.24, 2.45) is 0 Å². The van der Waals surface area contributed by atoms with Crippen LogP contribution in [0, 0.1) is 0 Å². The number of hydrogen-bond acceptors (Lipinski definition) is 4. The standard InChI is InChI=1S/C10H8O3S2.C3H8.C2H6/c11-15(12,10-7-4-8-14-10)13-9-5-2-1-3-6-9;1-3-2;1-2/h1-8H;3H2,1-2H3;1-2H3. The van der Waals surface area contributed by atoms with Gasteiger partial charge in [0.1, 0.15) is 5.75 Å². The van der Waals surface area contributed by atoms with Crippen LogP contribution in [0.5, 0.6) is 5.75 Å². The highest BCUT2D eigenvalue weighted by atomic mass is 32.3. The lowest BCUT2D eigenvalue weighted by atomic mass is 10.3. The lowest BCUT2D eigenvalue weighted by Gasteiger charge is -2.03. The van der Waals surface area contributed by atoms with Gasteiger partial charge in [-0.15, -0.1) is 11.3 Å². The van der Waals surface area contributed by atoms with Crippen LogP contribution in [-0.2, 0) is 10.1 Å². The Morgan fingerprint density at radius 1 is 1.00 bits per heavy atom. The third-order valence-corrected chi connectivity index (χ3v) is 4.29. The highest BCUT2D eigenvalue weighted by Gasteiger charge is 2.16. The van der Waals surface area contributed by atoms with Gasteiger partial charge >= 0.3 is 10.1 Å². The third-order valence-electron chi connectivity index (χ3n) is 1.69. The predicted molar refractivity (Wildman–Crippen MR) is 85.9 cm³/mol. The molecule has 3 nitrogen and oxygen atoms in total. The lowest BCUT2D eigenvalue weighted by Crippen LogP contribution is -2.07. The molecule has 0 spiro atoms. The second kappa shape index (κ2) is 10.5. The Morgan fingerprint density at radius 3 is 2.00 bits per heavy atom. The van der Waals surface area contributed by atoms with Crippen LogP contribution in [0.4, 0.5) is 0 Å². The van der Waals surface area contributed by atoms with Crippen LogP contribution in [0.25, 0.3) is 0 Å². The van der Waals surface area contributed by atoms with E-state index in [0.29, 0.717) is 5.75 Å². The van der Waals surface area contributed by atoms with Gasteiger partial charge in [-0.2, -0.15) is 8.42 Å². The lowest BCUT2D eigenvalue weighted by molar-refractivity contribution is 0.488. The minimum Gasteiger partial charge on any atom is -0.378 e. The van der Waals surface area contributed by atoms with Crippen molar-refractivity contribution in [3.8, 4) is 5.75 Å². The molecular weight excluding hydrogens is 292 g/mol. The zero-order chi connectivity index (χ0) is 15.4. The molecule has 0 saturated heterocycles. The van der Waals surface area contributed by atoms with Gasteiger partial charge in [-0.05, 0) is 23.6 Å². The van der Waals surface area contributed by atoms with Crippen LogP contribution in [0.3, 0.4) is 0 Å². The van der Waals surface area contributed by atoms with Gasteiger partial charge in [-0.25, -0.2) is 0 Å². The summed E-state index contributed by atoms with van der Waals surface area (Å²) >= 11 is 1.14. The average Bonchev–Trinajstić information content (AvgIpc) is 2.97. The summed E-state index contributed by atoms with van der Waals surface area (Å²) in [6.07, 6.45) is 1.25. The number of rotatable bonds is 3. The van der Waals surface area contributed by atoms with E-state index in [1.165, 1.54) is 12.5 Å². The number of thiophene rings is 1. The summed E-state index contributed by atoms with van der Waals surface area (Å²) in [6, 6.07) is 11.6. The monoisotopic (exact) mass is 314 g/mol. The number of hydrogen-bond donors (Lipinski definition) is 0. The summed E-state index contributed by atoms with van der Waals surface area (Å²) in [5, 5.41) is 1.70. The summed E-state index contributed by atoms with van der Waals surface area (Å²) in [7, 11) is -3.65. The molecular formula is C15H22O3S2. The van der Waals surface area contributed by atoms with E-state index in [0.717, 1.165) is 11.3 Å². The predicted octanol–water partition coefficient (Wildman–Crippen LogP) is 4.96. The van der Waals surface area contributed by atoms with Gasteiger partial charge in [0.05, 0.1) is 0 Å². The largest absolute Gasteiger partial charge is 0.378 e. The molecule has 1 heterocycles. The molecule has 112 valence electrons. The molecule has 2 rings (SSSR count). The summed E-state index contributed by atoms with van der Waals surface area (Å²) in [4.78, 5) is 0. The van der Waals surface area contributed by atoms with Crippen LogP contribution in [-0.4, -0.2) is 8.42 Å². The first kappa shape index (κ1) is 18.7. The minimum atomic E-state index is -3.65. The SMILES string of the molecule is CC.CCC.O=S(=O)(Oc1ccccc1)c1cccs1. The van der Waals surface area contributed by atoms with Crippen molar-refractivity contribution in [3.05, 3.63) is 47.8 Å². The number of benzene rings is 1. The van der Waals surface area contributed by atoms with E-state index < -0.39 is 10.1 Å². The van der Waals surface area contributed by atoms with Crippen molar-refractivity contribution in [2.45, 2.75) is 38.3 Å². The molecule has 0 aliphatic rings. The molecule has 1 aromatic heterocycles.